The molecule has 3 aromatic rings. The average Bonchev–Trinajstić information content (AvgIpc) is 3.45. The van der Waals surface area contributed by atoms with Gasteiger partial charge in [0.25, 0.3) is 0 Å². The molecule has 1 aliphatic rings. The molecule has 0 saturated carbocycles. The maximum Gasteiger partial charge on any atom is 0.233 e. The Balaban J connectivity index is 1.74. The van der Waals surface area contributed by atoms with E-state index < -0.39 is 11.5 Å². The first kappa shape index (κ1) is 27.9. The number of phenols is 1. The van der Waals surface area contributed by atoms with E-state index >= 15 is 0 Å². The van der Waals surface area contributed by atoms with Crippen molar-refractivity contribution in [3.8, 4) is 5.75 Å². The number of amides is 2. The van der Waals surface area contributed by atoms with Crippen LogP contribution in [0, 0.1) is 0 Å². The van der Waals surface area contributed by atoms with Crippen LogP contribution in [0.3, 0.4) is 0 Å². The maximum atomic E-state index is 14.3. The Bertz CT molecular complexity index is 1200. The zero-order valence-electron chi connectivity index (χ0n) is 22.0. The molecule has 1 aliphatic heterocycles. The number of nitrogens with one attached hydrogen (secondary N) is 1. The zero-order chi connectivity index (χ0) is 27.0. The summed E-state index contributed by atoms with van der Waals surface area (Å²) in [6, 6.07) is 14.4. The van der Waals surface area contributed by atoms with Gasteiger partial charge >= 0.3 is 0 Å². The predicted octanol–water partition coefficient (Wildman–Crippen LogP) is 5.74. The molecule has 7 nitrogen and oxygen atoms in total. The molecule has 38 heavy (non-hydrogen) atoms. The number of likely N-dealkylation sites (tertiary alicyclic amines) is 1. The maximum absolute atomic E-state index is 14.3. The van der Waals surface area contributed by atoms with Crippen molar-refractivity contribution in [3.63, 3.8) is 0 Å². The van der Waals surface area contributed by atoms with Gasteiger partial charge in [0.2, 0.25) is 11.8 Å². The van der Waals surface area contributed by atoms with E-state index in [1.54, 1.807) is 24.7 Å². The molecule has 1 saturated heterocycles. The second-order valence-electron chi connectivity index (χ2n) is 10.0. The number of hydrogen-bond donors (Lipinski definition) is 2. The normalized spacial score (nSPS) is 19.5. The van der Waals surface area contributed by atoms with Crippen molar-refractivity contribution in [1.82, 2.24) is 19.8 Å². The number of hydrogen-bond acceptors (Lipinski definition) is 4. The van der Waals surface area contributed by atoms with E-state index in [1.807, 2.05) is 52.1 Å². The van der Waals surface area contributed by atoms with Crippen LogP contribution < -0.4 is 5.32 Å². The molecule has 2 heterocycles. The number of carbonyl (C=O) groups is 2. The lowest BCUT2D eigenvalue weighted by atomic mass is 9.65. The van der Waals surface area contributed by atoms with Crippen LogP contribution in [0.5, 0.6) is 5.75 Å². The minimum atomic E-state index is -1.05. The molecule has 1 fully saturated rings. The average molecular weight is 582 g/mol. The second-order valence-corrected chi connectivity index (χ2v) is 10.9. The van der Waals surface area contributed by atoms with Gasteiger partial charge in [-0.2, -0.15) is 0 Å². The van der Waals surface area contributed by atoms with Crippen LogP contribution in [-0.4, -0.2) is 44.5 Å². The number of carbonyl (C=O) groups excluding carboxylic acids is 2. The van der Waals surface area contributed by atoms with E-state index in [0.29, 0.717) is 25.1 Å². The van der Waals surface area contributed by atoms with Gasteiger partial charge in [-0.3, -0.25) is 9.59 Å². The number of imidazole rings is 1. The Morgan fingerprint density at radius 3 is 2.68 bits per heavy atom. The van der Waals surface area contributed by atoms with Crippen molar-refractivity contribution in [2.45, 2.75) is 69.9 Å². The van der Waals surface area contributed by atoms with Crippen molar-refractivity contribution in [3.05, 3.63) is 82.9 Å². The smallest absolute Gasteiger partial charge is 0.233 e. The lowest BCUT2D eigenvalue weighted by molar-refractivity contribution is -0.146. The lowest BCUT2D eigenvalue weighted by Gasteiger charge is -2.49. The Labute approximate surface area is 233 Å². The van der Waals surface area contributed by atoms with E-state index in [1.165, 1.54) is 0 Å². The molecular weight excluding hydrogens is 544 g/mol. The van der Waals surface area contributed by atoms with Gasteiger partial charge in [-0.05, 0) is 43.0 Å². The number of aryl methyl sites for hydroxylation is 1. The highest BCUT2D eigenvalue weighted by Crippen LogP contribution is 2.51. The number of nitrogens with zero attached hydrogens (tertiary/aromatic N) is 3. The highest BCUT2D eigenvalue weighted by Gasteiger charge is 2.54. The third-order valence-corrected chi connectivity index (χ3v) is 7.99. The SMILES string of the molecule is CCCCCCN1C(=O)CCC(C(=O)NCCCn2ccnc2)(c2ccccc2)C1c1cc(Br)ccc1O. The van der Waals surface area contributed by atoms with Crippen LogP contribution in [0.15, 0.2) is 71.7 Å². The van der Waals surface area contributed by atoms with E-state index in [9.17, 15) is 14.7 Å². The first-order chi connectivity index (χ1) is 18.5. The molecule has 0 aliphatic carbocycles. The number of benzene rings is 2. The van der Waals surface area contributed by atoms with Crippen LogP contribution in [0.2, 0.25) is 0 Å². The Kier molecular flexibility index (Phi) is 9.61. The van der Waals surface area contributed by atoms with E-state index in [0.717, 1.165) is 48.7 Å². The number of unbranched alkanes of at least 4 members (excludes halogenated alkanes) is 3. The summed E-state index contributed by atoms with van der Waals surface area (Å²) in [5, 5.41) is 14.3. The van der Waals surface area contributed by atoms with Crippen molar-refractivity contribution >= 4 is 27.7 Å². The molecule has 2 unspecified atom stereocenters. The number of aromatic nitrogens is 2. The molecule has 2 aromatic carbocycles. The number of aromatic hydroxyl groups is 1. The van der Waals surface area contributed by atoms with Gasteiger partial charge in [0.05, 0.1) is 17.8 Å². The standard InChI is InChI=1S/C30H37BrN4O3/c1-2-3-4-8-19-35-27(37)14-15-30(23-10-6-5-7-11-23,28(35)25-21-24(31)12-13-26(25)36)29(38)33-16-9-18-34-20-17-32-22-34/h5-7,10-13,17,20-22,28,36H,2-4,8-9,14-16,18-19H2,1H3,(H,33,38). The molecule has 1 aromatic heterocycles. The number of halogens is 1. The summed E-state index contributed by atoms with van der Waals surface area (Å²) in [6.45, 7) is 3.94. The highest BCUT2D eigenvalue weighted by atomic mass is 79.9. The molecule has 0 spiro atoms. The van der Waals surface area contributed by atoms with E-state index in [-0.39, 0.29) is 24.0 Å². The number of rotatable bonds is 12. The second kappa shape index (κ2) is 13.1. The quantitative estimate of drug-likeness (QED) is 0.267. The van der Waals surface area contributed by atoms with Gasteiger partial charge in [-0.1, -0.05) is 72.4 Å². The van der Waals surface area contributed by atoms with Gasteiger partial charge in [0, 0.05) is 48.5 Å². The third-order valence-electron chi connectivity index (χ3n) is 7.50. The summed E-state index contributed by atoms with van der Waals surface area (Å²) >= 11 is 3.55. The monoisotopic (exact) mass is 580 g/mol. The minimum Gasteiger partial charge on any atom is -0.508 e. The molecule has 0 radical (unpaired) electrons. The summed E-state index contributed by atoms with van der Waals surface area (Å²) in [4.78, 5) is 33.7. The Hall–Kier alpha value is -3.13. The van der Waals surface area contributed by atoms with E-state index in [4.69, 9.17) is 0 Å². The van der Waals surface area contributed by atoms with Gasteiger partial charge in [0.15, 0.2) is 0 Å². The molecule has 0 bridgehead atoms. The number of piperidine rings is 1. The Morgan fingerprint density at radius 2 is 1.95 bits per heavy atom. The molecule has 2 N–H and O–H groups in total. The zero-order valence-corrected chi connectivity index (χ0v) is 23.6. The van der Waals surface area contributed by atoms with Crippen molar-refractivity contribution in [1.29, 1.82) is 0 Å². The Morgan fingerprint density at radius 1 is 1.13 bits per heavy atom. The van der Waals surface area contributed by atoms with Gasteiger partial charge in [0.1, 0.15) is 5.75 Å². The van der Waals surface area contributed by atoms with Crippen LogP contribution in [0.1, 0.15) is 69.0 Å². The van der Waals surface area contributed by atoms with Gasteiger partial charge in [-0.25, -0.2) is 4.98 Å². The lowest BCUT2D eigenvalue weighted by Crippen LogP contribution is -2.58. The molecule has 202 valence electrons. The largest absolute Gasteiger partial charge is 0.508 e. The fraction of sp³-hybridized carbons (Fsp3) is 0.433. The van der Waals surface area contributed by atoms with Crippen LogP contribution in [0.25, 0.3) is 0 Å². The topological polar surface area (TPSA) is 87.5 Å². The van der Waals surface area contributed by atoms with Crippen molar-refractivity contribution in [2.24, 2.45) is 0 Å². The molecule has 2 atom stereocenters. The van der Waals surface area contributed by atoms with Gasteiger partial charge in [-0.15, -0.1) is 0 Å². The summed E-state index contributed by atoms with van der Waals surface area (Å²) < 4.78 is 2.77. The highest BCUT2D eigenvalue weighted by molar-refractivity contribution is 9.10. The first-order valence-electron chi connectivity index (χ1n) is 13.5. The van der Waals surface area contributed by atoms with Crippen LogP contribution in [-0.2, 0) is 21.5 Å². The van der Waals surface area contributed by atoms with Crippen LogP contribution in [0.4, 0.5) is 0 Å². The third kappa shape index (κ3) is 6.12. The van der Waals surface area contributed by atoms with Crippen LogP contribution >= 0.6 is 15.9 Å². The fourth-order valence-electron chi connectivity index (χ4n) is 5.58. The van der Waals surface area contributed by atoms with Crippen molar-refractivity contribution < 1.29 is 14.7 Å². The minimum absolute atomic E-state index is 0.0188. The molecular formula is C30H37BrN4O3. The van der Waals surface area contributed by atoms with Gasteiger partial charge < -0.3 is 19.9 Å². The summed E-state index contributed by atoms with van der Waals surface area (Å²) in [6.07, 6.45) is 10.9. The summed E-state index contributed by atoms with van der Waals surface area (Å²) in [5.41, 5.74) is 0.385. The molecule has 2 amide bonds. The number of phenolic OH excluding ortho intramolecular Hbond substituents is 1. The summed E-state index contributed by atoms with van der Waals surface area (Å²) in [7, 11) is 0. The first-order valence-corrected chi connectivity index (χ1v) is 14.3. The van der Waals surface area contributed by atoms with Crippen molar-refractivity contribution in [2.75, 3.05) is 13.1 Å². The fourth-order valence-corrected chi connectivity index (χ4v) is 5.96. The summed E-state index contributed by atoms with van der Waals surface area (Å²) in [5.74, 6) is -0.0187. The molecule has 8 heteroatoms. The molecule has 4 rings (SSSR count). The predicted molar refractivity (Wildman–Crippen MR) is 152 cm³/mol. The van der Waals surface area contributed by atoms with E-state index in [2.05, 4.69) is 33.2 Å².